The first-order valence-corrected chi connectivity index (χ1v) is 13.2. The largest absolute Gasteiger partial charge is 0.502 e. The number of amides is 1. The van der Waals surface area contributed by atoms with Crippen LogP contribution in [0.5, 0.6) is 5.75 Å². The number of hydrogen-bond acceptors (Lipinski definition) is 6. The quantitative estimate of drug-likeness (QED) is 0.305. The number of rotatable bonds is 9. The Kier molecular flexibility index (Phi) is 8.24. The van der Waals surface area contributed by atoms with E-state index in [9.17, 15) is 28.6 Å². The summed E-state index contributed by atoms with van der Waals surface area (Å²) in [6.07, 6.45) is -1.65. The standard InChI is InChI=1S/C30H30F2N4O4/c31-26(32)12-33-29(39)22(27-28(38)30(40)35-17-34-27)11-20-7-3-18(4-8-20)1-2-19-5-9-21(10-6-19)13-36-14-23-24(15-36)25(23)16-37/h3-10,17,22-26,37-38H,11-16H2,(H,33,39)(H,34,35,40). The normalized spacial score (nSPS) is 20.4. The van der Waals surface area contributed by atoms with Crippen LogP contribution in [-0.2, 0) is 17.8 Å². The minimum Gasteiger partial charge on any atom is -0.502 e. The smallest absolute Gasteiger partial charge is 0.293 e. The fourth-order valence-electron chi connectivity index (χ4n) is 5.47. The second kappa shape index (κ2) is 12.0. The number of benzene rings is 2. The van der Waals surface area contributed by atoms with Gasteiger partial charge in [-0.3, -0.25) is 14.5 Å². The predicted octanol–water partition coefficient (Wildman–Crippen LogP) is 2.25. The number of aromatic nitrogens is 2. The zero-order valence-corrected chi connectivity index (χ0v) is 21.7. The van der Waals surface area contributed by atoms with E-state index in [-0.39, 0.29) is 12.1 Å². The van der Waals surface area contributed by atoms with Gasteiger partial charge in [0.05, 0.1) is 18.8 Å². The number of likely N-dealkylation sites (tertiary alicyclic amines) is 1. The molecule has 40 heavy (non-hydrogen) atoms. The van der Waals surface area contributed by atoms with E-state index in [0.717, 1.165) is 37.1 Å². The second-order valence-electron chi connectivity index (χ2n) is 10.4. The molecule has 2 fully saturated rings. The van der Waals surface area contributed by atoms with Crippen molar-refractivity contribution in [2.24, 2.45) is 17.8 Å². The fourth-order valence-corrected chi connectivity index (χ4v) is 5.47. The first-order valence-electron chi connectivity index (χ1n) is 13.2. The zero-order valence-electron chi connectivity index (χ0n) is 21.7. The maximum atomic E-state index is 12.7. The average molecular weight is 549 g/mol. The molecule has 3 aromatic rings. The van der Waals surface area contributed by atoms with E-state index in [1.807, 2.05) is 12.1 Å². The van der Waals surface area contributed by atoms with Gasteiger partial charge in [-0.1, -0.05) is 36.1 Å². The summed E-state index contributed by atoms with van der Waals surface area (Å²) in [5.41, 5.74) is 2.53. The van der Waals surface area contributed by atoms with Crippen molar-refractivity contribution in [1.29, 1.82) is 0 Å². The molecule has 2 aliphatic rings. The van der Waals surface area contributed by atoms with E-state index >= 15 is 0 Å². The number of carbonyl (C=O) groups is 1. The summed E-state index contributed by atoms with van der Waals surface area (Å²) in [6.45, 7) is 2.45. The van der Waals surface area contributed by atoms with Crippen molar-refractivity contribution in [1.82, 2.24) is 20.2 Å². The number of aliphatic hydroxyl groups is 1. The Morgan fingerprint density at radius 3 is 2.23 bits per heavy atom. The van der Waals surface area contributed by atoms with E-state index in [1.54, 1.807) is 24.3 Å². The van der Waals surface area contributed by atoms with Gasteiger partial charge in [0.1, 0.15) is 5.69 Å². The predicted molar refractivity (Wildman–Crippen MR) is 144 cm³/mol. The van der Waals surface area contributed by atoms with Gasteiger partial charge in [0.15, 0.2) is 0 Å². The lowest BCUT2D eigenvalue weighted by atomic mass is 9.94. The Hall–Kier alpha value is -4.07. The fraction of sp³-hybridized carbons (Fsp3) is 0.367. The average Bonchev–Trinajstić information content (AvgIpc) is 3.44. The number of piperidine rings is 1. The molecule has 10 heteroatoms. The monoisotopic (exact) mass is 548 g/mol. The SMILES string of the molecule is O=C(NCC(F)F)C(Cc1ccc(C#Cc2ccc(CN3CC4C(CO)C4C3)cc2)cc1)c1nc[nH]c(=O)c1O. The van der Waals surface area contributed by atoms with E-state index in [1.165, 1.54) is 5.56 Å². The minimum absolute atomic E-state index is 0.0351. The van der Waals surface area contributed by atoms with E-state index in [2.05, 4.69) is 44.2 Å². The molecule has 3 atom stereocenters. The first kappa shape index (κ1) is 27.5. The number of carbonyl (C=O) groups excluding carboxylic acids is 1. The Labute approximate surface area is 230 Å². The molecular weight excluding hydrogens is 518 g/mol. The maximum Gasteiger partial charge on any atom is 0.293 e. The molecule has 3 unspecified atom stereocenters. The van der Waals surface area contributed by atoms with Crippen LogP contribution < -0.4 is 10.9 Å². The Bertz CT molecular complexity index is 1450. The van der Waals surface area contributed by atoms with Crippen LogP contribution in [0.25, 0.3) is 0 Å². The van der Waals surface area contributed by atoms with Gasteiger partial charge in [0.25, 0.3) is 12.0 Å². The molecule has 1 aliphatic heterocycles. The molecule has 0 radical (unpaired) electrons. The van der Waals surface area contributed by atoms with E-state index < -0.39 is 36.1 Å². The van der Waals surface area contributed by atoms with Gasteiger partial charge in [-0.15, -0.1) is 0 Å². The lowest BCUT2D eigenvalue weighted by molar-refractivity contribution is -0.123. The lowest BCUT2D eigenvalue weighted by Gasteiger charge is -2.18. The van der Waals surface area contributed by atoms with Crippen molar-refractivity contribution >= 4 is 5.91 Å². The molecule has 2 heterocycles. The number of H-pyrrole nitrogens is 1. The maximum absolute atomic E-state index is 12.7. The Morgan fingerprint density at radius 1 is 1.05 bits per heavy atom. The van der Waals surface area contributed by atoms with Gasteiger partial charge in [0, 0.05) is 37.4 Å². The van der Waals surface area contributed by atoms with Crippen molar-refractivity contribution in [3.8, 4) is 17.6 Å². The summed E-state index contributed by atoms with van der Waals surface area (Å²) in [6, 6.07) is 15.2. The van der Waals surface area contributed by atoms with Crippen LogP contribution in [0.2, 0.25) is 0 Å². The number of hydrogen-bond donors (Lipinski definition) is 4. The van der Waals surface area contributed by atoms with Crippen molar-refractivity contribution < 1.29 is 23.8 Å². The lowest BCUT2D eigenvalue weighted by Crippen LogP contribution is -2.34. The molecule has 1 saturated heterocycles. The highest BCUT2D eigenvalue weighted by Gasteiger charge is 2.54. The van der Waals surface area contributed by atoms with Crippen LogP contribution in [-0.4, -0.2) is 63.7 Å². The highest BCUT2D eigenvalue weighted by molar-refractivity contribution is 5.84. The third kappa shape index (κ3) is 6.38. The molecule has 2 aromatic carbocycles. The first-order chi connectivity index (χ1) is 19.3. The van der Waals surface area contributed by atoms with Crippen LogP contribution in [0, 0.1) is 29.6 Å². The molecule has 5 rings (SSSR count). The molecule has 8 nitrogen and oxygen atoms in total. The number of nitrogens with zero attached hydrogens (tertiary/aromatic N) is 2. The highest BCUT2D eigenvalue weighted by atomic mass is 19.3. The molecule has 1 saturated carbocycles. The van der Waals surface area contributed by atoms with Crippen molar-refractivity contribution in [3.05, 3.63) is 93.2 Å². The summed E-state index contributed by atoms with van der Waals surface area (Å²) in [5.74, 6) is 5.44. The van der Waals surface area contributed by atoms with Crippen molar-refractivity contribution in [3.63, 3.8) is 0 Å². The number of aromatic hydroxyl groups is 1. The van der Waals surface area contributed by atoms with Gasteiger partial charge in [-0.2, -0.15) is 0 Å². The molecule has 1 amide bonds. The molecule has 0 spiro atoms. The molecular formula is C30H30F2N4O4. The number of alkyl halides is 2. The third-order valence-electron chi connectivity index (χ3n) is 7.70. The van der Waals surface area contributed by atoms with Crippen LogP contribution in [0.15, 0.2) is 59.7 Å². The number of aliphatic hydroxyl groups excluding tert-OH is 1. The van der Waals surface area contributed by atoms with Gasteiger partial charge >= 0.3 is 0 Å². The summed E-state index contributed by atoms with van der Waals surface area (Å²) in [4.78, 5) is 33.1. The number of aromatic amines is 1. The Morgan fingerprint density at radius 2 is 1.65 bits per heavy atom. The van der Waals surface area contributed by atoms with Crippen LogP contribution in [0.4, 0.5) is 8.78 Å². The number of nitrogens with one attached hydrogen (secondary N) is 2. The Balaban J connectivity index is 1.21. The highest BCUT2D eigenvalue weighted by Crippen LogP contribution is 2.51. The molecule has 208 valence electrons. The summed E-state index contributed by atoms with van der Waals surface area (Å²) >= 11 is 0. The third-order valence-corrected chi connectivity index (χ3v) is 7.70. The summed E-state index contributed by atoms with van der Waals surface area (Å²) in [7, 11) is 0. The molecule has 0 bridgehead atoms. The van der Waals surface area contributed by atoms with Crippen LogP contribution in [0.3, 0.4) is 0 Å². The van der Waals surface area contributed by atoms with E-state index in [0.29, 0.717) is 29.9 Å². The van der Waals surface area contributed by atoms with Gasteiger partial charge < -0.3 is 20.5 Å². The van der Waals surface area contributed by atoms with Crippen molar-refractivity contribution in [2.75, 3.05) is 26.2 Å². The van der Waals surface area contributed by atoms with Crippen LogP contribution in [0.1, 0.15) is 33.9 Å². The molecule has 4 N–H and O–H groups in total. The second-order valence-corrected chi connectivity index (χ2v) is 10.4. The minimum atomic E-state index is -2.74. The molecule has 1 aromatic heterocycles. The van der Waals surface area contributed by atoms with Crippen molar-refractivity contribution in [2.45, 2.75) is 25.3 Å². The van der Waals surface area contributed by atoms with Gasteiger partial charge in [-0.05, 0) is 59.6 Å². The topological polar surface area (TPSA) is 119 Å². The van der Waals surface area contributed by atoms with Crippen LogP contribution >= 0.6 is 0 Å². The van der Waals surface area contributed by atoms with Gasteiger partial charge in [0.2, 0.25) is 11.7 Å². The number of halogens is 2. The van der Waals surface area contributed by atoms with Gasteiger partial charge in [-0.25, -0.2) is 13.8 Å². The summed E-state index contributed by atoms with van der Waals surface area (Å²) < 4.78 is 25.3. The van der Waals surface area contributed by atoms with E-state index in [4.69, 9.17) is 0 Å². The summed E-state index contributed by atoms with van der Waals surface area (Å²) in [5, 5.41) is 21.6. The zero-order chi connectivity index (χ0) is 28.2. The molecule has 1 aliphatic carbocycles. The number of fused-ring (bicyclic) bond motifs is 1.